The van der Waals surface area contributed by atoms with Crippen LogP contribution in [0.2, 0.25) is 0 Å². The van der Waals surface area contributed by atoms with Crippen LogP contribution in [0.4, 0.5) is 5.69 Å². The molecule has 0 aliphatic rings. The average Bonchev–Trinajstić information content (AvgIpc) is 2.79. The van der Waals surface area contributed by atoms with Gasteiger partial charge in [0.2, 0.25) is 0 Å². The van der Waals surface area contributed by atoms with Crippen LogP contribution >= 0.6 is 0 Å². The number of ether oxygens (including phenoxy) is 2. The number of hydrogen-bond donors (Lipinski definition) is 0. The van der Waals surface area contributed by atoms with Gasteiger partial charge in [0, 0.05) is 11.6 Å². The number of benzene rings is 1. The minimum Gasteiger partial charge on any atom is -0.493 e. The summed E-state index contributed by atoms with van der Waals surface area (Å²) in [4.78, 5) is 22.2. The van der Waals surface area contributed by atoms with E-state index in [9.17, 15) is 14.9 Å². The van der Waals surface area contributed by atoms with Crippen molar-refractivity contribution in [3.05, 3.63) is 45.3 Å². The number of carbonyl (C=O) groups excluding carboxylic acids is 1. The molecule has 0 saturated heterocycles. The van der Waals surface area contributed by atoms with Crippen LogP contribution < -0.4 is 9.47 Å². The molecule has 2 rings (SSSR count). The Morgan fingerprint density at radius 3 is 2.64 bits per heavy atom. The molecule has 0 bridgehead atoms. The van der Waals surface area contributed by atoms with Crippen LogP contribution in [0, 0.1) is 24.0 Å². The summed E-state index contributed by atoms with van der Waals surface area (Å²) < 4.78 is 15.2. The fourth-order valence-electron chi connectivity index (χ4n) is 1.92. The first-order valence-corrected chi connectivity index (χ1v) is 6.37. The Hall–Kier alpha value is -2.90. The molecule has 0 atom stereocenters. The van der Waals surface area contributed by atoms with Crippen molar-refractivity contribution in [3.8, 4) is 11.5 Å². The van der Waals surface area contributed by atoms with Crippen molar-refractivity contribution in [2.24, 2.45) is 0 Å². The van der Waals surface area contributed by atoms with Gasteiger partial charge in [0.25, 0.3) is 5.69 Å². The standard InChI is InChI=1S/C14H14N2O6/c1-8-11(9(2)22-15-8)7-14(17)21-13-6-10(16(18)19)4-5-12(13)20-3/h4-6H,7H2,1-3H3. The zero-order chi connectivity index (χ0) is 16.3. The van der Waals surface area contributed by atoms with Gasteiger partial charge in [-0.25, -0.2) is 0 Å². The van der Waals surface area contributed by atoms with E-state index in [4.69, 9.17) is 14.0 Å². The highest BCUT2D eigenvalue weighted by atomic mass is 16.6. The van der Waals surface area contributed by atoms with Crippen molar-refractivity contribution in [3.63, 3.8) is 0 Å². The highest BCUT2D eigenvalue weighted by Crippen LogP contribution is 2.31. The van der Waals surface area contributed by atoms with Crippen LogP contribution in [-0.4, -0.2) is 23.2 Å². The Morgan fingerprint density at radius 1 is 1.36 bits per heavy atom. The van der Waals surface area contributed by atoms with Crippen LogP contribution in [0.25, 0.3) is 0 Å². The van der Waals surface area contributed by atoms with Gasteiger partial charge in [-0.05, 0) is 19.9 Å². The number of methoxy groups -OCH3 is 1. The van der Waals surface area contributed by atoms with Crippen LogP contribution in [0.5, 0.6) is 11.5 Å². The molecule has 116 valence electrons. The van der Waals surface area contributed by atoms with Crippen molar-refractivity contribution in [2.75, 3.05) is 7.11 Å². The molecule has 22 heavy (non-hydrogen) atoms. The summed E-state index contributed by atoms with van der Waals surface area (Å²) in [6, 6.07) is 3.78. The SMILES string of the molecule is COc1ccc([N+](=O)[O-])cc1OC(=O)Cc1c(C)noc1C. The summed E-state index contributed by atoms with van der Waals surface area (Å²) in [6.45, 7) is 3.41. The summed E-state index contributed by atoms with van der Waals surface area (Å²) in [5, 5.41) is 14.5. The predicted molar refractivity (Wildman–Crippen MR) is 75.0 cm³/mol. The molecule has 0 aliphatic carbocycles. The lowest BCUT2D eigenvalue weighted by atomic mass is 10.1. The lowest BCUT2D eigenvalue weighted by molar-refractivity contribution is -0.384. The third kappa shape index (κ3) is 3.22. The number of nitro benzene ring substituents is 1. The van der Waals surface area contributed by atoms with E-state index in [1.54, 1.807) is 13.8 Å². The molecule has 1 aromatic carbocycles. The number of hydrogen-bond acceptors (Lipinski definition) is 7. The fourth-order valence-corrected chi connectivity index (χ4v) is 1.92. The first-order valence-electron chi connectivity index (χ1n) is 6.37. The van der Waals surface area contributed by atoms with E-state index in [1.807, 2.05) is 0 Å². The number of esters is 1. The molecule has 1 heterocycles. The normalized spacial score (nSPS) is 10.3. The zero-order valence-corrected chi connectivity index (χ0v) is 12.3. The van der Waals surface area contributed by atoms with Crippen molar-refractivity contribution >= 4 is 11.7 Å². The second-order valence-corrected chi connectivity index (χ2v) is 4.55. The van der Waals surface area contributed by atoms with Gasteiger partial charge in [-0.3, -0.25) is 14.9 Å². The molecule has 0 saturated carbocycles. The molecular formula is C14H14N2O6. The van der Waals surface area contributed by atoms with Crippen molar-refractivity contribution in [2.45, 2.75) is 20.3 Å². The molecule has 0 radical (unpaired) electrons. The first kappa shape index (κ1) is 15.5. The third-order valence-corrected chi connectivity index (χ3v) is 3.08. The molecule has 0 amide bonds. The van der Waals surface area contributed by atoms with Crippen LogP contribution in [0.3, 0.4) is 0 Å². The maximum absolute atomic E-state index is 12.0. The maximum Gasteiger partial charge on any atom is 0.315 e. The Morgan fingerprint density at radius 2 is 2.09 bits per heavy atom. The highest BCUT2D eigenvalue weighted by molar-refractivity contribution is 5.76. The monoisotopic (exact) mass is 306 g/mol. The first-order chi connectivity index (χ1) is 10.4. The molecular weight excluding hydrogens is 292 g/mol. The van der Waals surface area contributed by atoms with Gasteiger partial charge >= 0.3 is 5.97 Å². The van der Waals surface area contributed by atoms with Gasteiger partial charge in [0.05, 0.1) is 30.2 Å². The van der Waals surface area contributed by atoms with E-state index in [2.05, 4.69) is 5.16 Å². The predicted octanol–water partition coefficient (Wildman–Crippen LogP) is 2.36. The summed E-state index contributed by atoms with van der Waals surface area (Å²) in [5.74, 6) is 0.167. The Labute approximate surface area is 125 Å². The molecule has 0 spiro atoms. The number of non-ortho nitro benzene ring substituents is 1. The van der Waals surface area contributed by atoms with E-state index in [1.165, 1.54) is 19.2 Å². The maximum atomic E-state index is 12.0. The second-order valence-electron chi connectivity index (χ2n) is 4.55. The number of aryl methyl sites for hydroxylation is 2. The number of nitrogens with zero attached hydrogens (tertiary/aromatic N) is 2. The van der Waals surface area contributed by atoms with Gasteiger partial charge in [-0.2, -0.15) is 0 Å². The van der Waals surface area contributed by atoms with E-state index in [-0.39, 0.29) is 23.6 Å². The van der Waals surface area contributed by atoms with Gasteiger partial charge in [-0.15, -0.1) is 0 Å². The number of rotatable bonds is 5. The van der Waals surface area contributed by atoms with Gasteiger partial charge in [-0.1, -0.05) is 5.16 Å². The van der Waals surface area contributed by atoms with Crippen LogP contribution in [0.1, 0.15) is 17.0 Å². The average molecular weight is 306 g/mol. The highest BCUT2D eigenvalue weighted by Gasteiger charge is 2.18. The molecule has 1 aromatic heterocycles. The summed E-state index contributed by atoms with van der Waals surface area (Å²) in [5.41, 5.74) is 1.04. The minimum absolute atomic E-state index is 0.00606. The Kier molecular flexibility index (Phi) is 4.40. The molecule has 0 unspecified atom stereocenters. The zero-order valence-electron chi connectivity index (χ0n) is 12.3. The van der Waals surface area contributed by atoms with Crippen molar-refractivity contribution in [1.29, 1.82) is 0 Å². The quantitative estimate of drug-likeness (QED) is 0.361. The molecule has 8 heteroatoms. The summed E-state index contributed by atoms with van der Waals surface area (Å²) in [7, 11) is 1.38. The van der Waals surface area contributed by atoms with E-state index in [0.29, 0.717) is 17.0 Å². The van der Waals surface area contributed by atoms with Crippen molar-refractivity contribution < 1.29 is 23.7 Å². The lowest BCUT2D eigenvalue weighted by Crippen LogP contribution is -2.13. The van der Waals surface area contributed by atoms with Crippen LogP contribution in [-0.2, 0) is 11.2 Å². The van der Waals surface area contributed by atoms with Gasteiger partial charge in [0.15, 0.2) is 11.5 Å². The van der Waals surface area contributed by atoms with Gasteiger partial charge in [0.1, 0.15) is 5.76 Å². The largest absolute Gasteiger partial charge is 0.493 e. The Balaban J connectivity index is 2.20. The smallest absolute Gasteiger partial charge is 0.315 e. The van der Waals surface area contributed by atoms with Gasteiger partial charge < -0.3 is 14.0 Å². The van der Waals surface area contributed by atoms with E-state index >= 15 is 0 Å². The molecule has 0 N–H and O–H groups in total. The molecule has 0 fully saturated rings. The number of nitro groups is 1. The molecule has 0 aliphatic heterocycles. The lowest BCUT2D eigenvalue weighted by Gasteiger charge is -2.08. The summed E-state index contributed by atoms with van der Waals surface area (Å²) >= 11 is 0. The van der Waals surface area contributed by atoms with E-state index in [0.717, 1.165) is 6.07 Å². The van der Waals surface area contributed by atoms with E-state index < -0.39 is 10.9 Å². The fraction of sp³-hybridized carbons (Fsp3) is 0.286. The second kappa shape index (κ2) is 6.25. The third-order valence-electron chi connectivity index (χ3n) is 3.08. The van der Waals surface area contributed by atoms with Crippen LogP contribution in [0.15, 0.2) is 22.7 Å². The molecule has 2 aromatic rings. The Bertz CT molecular complexity index is 703. The summed E-state index contributed by atoms with van der Waals surface area (Å²) in [6.07, 6.45) is -0.0486. The number of carbonyl (C=O) groups is 1. The van der Waals surface area contributed by atoms with Crippen molar-refractivity contribution in [1.82, 2.24) is 5.16 Å². The topological polar surface area (TPSA) is 105 Å². The number of aromatic nitrogens is 1. The minimum atomic E-state index is -0.590. The molecule has 8 nitrogen and oxygen atoms in total.